The number of anilines is 1. The van der Waals surface area contributed by atoms with Gasteiger partial charge in [-0.25, -0.2) is 9.97 Å². The summed E-state index contributed by atoms with van der Waals surface area (Å²) in [5.74, 6) is 1.75. The molecule has 0 atom stereocenters. The molecular formula is C24H31N7O3. The van der Waals surface area contributed by atoms with Gasteiger partial charge in [-0.05, 0) is 37.5 Å². The van der Waals surface area contributed by atoms with E-state index in [0.717, 1.165) is 23.4 Å². The van der Waals surface area contributed by atoms with E-state index in [1.807, 2.05) is 42.2 Å². The Balaban J connectivity index is 1.65. The second-order valence-corrected chi connectivity index (χ2v) is 7.84. The van der Waals surface area contributed by atoms with E-state index in [1.165, 1.54) is 6.92 Å². The first-order valence-electron chi connectivity index (χ1n) is 11.2. The van der Waals surface area contributed by atoms with Crippen molar-refractivity contribution in [3.8, 4) is 11.7 Å². The van der Waals surface area contributed by atoms with E-state index in [-0.39, 0.29) is 18.4 Å². The van der Waals surface area contributed by atoms with Gasteiger partial charge in [0.25, 0.3) is 0 Å². The van der Waals surface area contributed by atoms with Crippen LogP contribution in [0.1, 0.15) is 24.6 Å². The van der Waals surface area contributed by atoms with Crippen molar-refractivity contribution in [3.63, 3.8) is 0 Å². The molecule has 0 radical (unpaired) electrons. The molecule has 10 heteroatoms. The predicted octanol–water partition coefficient (Wildman–Crippen LogP) is 1.67. The molecule has 2 aromatic heterocycles. The minimum absolute atomic E-state index is 0.0805. The van der Waals surface area contributed by atoms with Gasteiger partial charge in [-0.1, -0.05) is 12.1 Å². The van der Waals surface area contributed by atoms with Crippen molar-refractivity contribution in [1.82, 2.24) is 30.2 Å². The monoisotopic (exact) mass is 465 g/mol. The number of aromatic nitrogens is 4. The molecule has 180 valence electrons. The highest BCUT2D eigenvalue weighted by Crippen LogP contribution is 2.15. The third kappa shape index (κ3) is 7.58. The third-order valence-corrected chi connectivity index (χ3v) is 5.10. The van der Waals surface area contributed by atoms with E-state index in [0.29, 0.717) is 37.8 Å². The molecule has 0 saturated carbocycles. The van der Waals surface area contributed by atoms with Gasteiger partial charge >= 0.3 is 0 Å². The highest BCUT2D eigenvalue weighted by atomic mass is 16.5. The molecule has 2 heterocycles. The lowest BCUT2D eigenvalue weighted by molar-refractivity contribution is -0.120. The van der Waals surface area contributed by atoms with Crippen LogP contribution in [0.5, 0.6) is 5.75 Å². The smallest absolute Gasteiger partial charge is 0.239 e. The lowest BCUT2D eigenvalue weighted by Gasteiger charge is -2.24. The number of imidazole rings is 1. The minimum atomic E-state index is -0.103. The number of aryl methyl sites for hydroxylation is 1. The fourth-order valence-corrected chi connectivity index (χ4v) is 3.37. The number of nitrogens with zero attached hydrogens (tertiary/aromatic N) is 5. The highest BCUT2D eigenvalue weighted by molar-refractivity contribution is 5.81. The van der Waals surface area contributed by atoms with Crippen LogP contribution in [0.3, 0.4) is 0 Å². The van der Waals surface area contributed by atoms with Gasteiger partial charge in [0.05, 0.1) is 13.7 Å². The Kier molecular flexibility index (Phi) is 8.96. The molecule has 0 bridgehead atoms. The average molecular weight is 466 g/mol. The minimum Gasteiger partial charge on any atom is -0.497 e. The topological polar surface area (TPSA) is 114 Å². The van der Waals surface area contributed by atoms with E-state index in [1.54, 1.807) is 30.4 Å². The fraction of sp³-hybridized carbons (Fsp3) is 0.375. The molecule has 3 aromatic rings. The number of hydrogen-bond donors (Lipinski definition) is 2. The number of ether oxygens (including phenoxy) is 1. The lowest BCUT2D eigenvalue weighted by Crippen LogP contribution is -2.40. The zero-order chi connectivity index (χ0) is 24.3. The first-order chi connectivity index (χ1) is 16.4. The van der Waals surface area contributed by atoms with E-state index in [2.05, 4.69) is 25.6 Å². The summed E-state index contributed by atoms with van der Waals surface area (Å²) in [6, 6.07) is 9.64. The number of amides is 2. The maximum Gasteiger partial charge on any atom is 0.239 e. The largest absolute Gasteiger partial charge is 0.497 e. The Morgan fingerprint density at radius 1 is 1.12 bits per heavy atom. The predicted molar refractivity (Wildman–Crippen MR) is 129 cm³/mol. The quantitative estimate of drug-likeness (QED) is 0.391. The number of benzene rings is 1. The molecule has 0 unspecified atom stereocenters. The molecule has 0 aliphatic rings. The van der Waals surface area contributed by atoms with Crippen molar-refractivity contribution in [2.45, 2.75) is 26.7 Å². The van der Waals surface area contributed by atoms with Crippen molar-refractivity contribution < 1.29 is 14.3 Å². The van der Waals surface area contributed by atoms with Gasteiger partial charge in [0.1, 0.15) is 17.9 Å². The van der Waals surface area contributed by atoms with Gasteiger partial charge in [0.2, 0.25) is 17.8 Å². The summed E-state index contributed by atoms with van der Waals surface area (Å²) in [5.41, 5.74) is 1.89. The molecule has 0 aliphatic heterocycles. The van der Waals surface area contributed by atoms with E-state index >= 15 is 0 Å². The van der Waals surface area contributed by atoms with Crippen LogP contribution in [0.2, 0.25) is 0 Å². The number of methoxy groups -OCH3 is 1. The molecule has 34 heavy (non-hydrogen) atoms. The lowest BCUT2D eigenvalue weighted by atomic mass is 10.1. The van der Waals surface area contributed by atoms with E-state index < -0.39 is 0 Å². The molecule has 0 aliphatic carbocycles. The maximum atomic E-state index is 12.8. The number of hydrogen-bond acceptors (Lipinski definition) is 7. The molecule has 0 spiro atoms. The highest BCUT2D eigenvalue weighted by Gasteiger charge is 2.15. The number of carbonyl (C=O) groups excluding carboxylic acids is 2. The molecular weight excluding hydrogens is 434 g/mol. The number of nitrogens with one attached hydrogen (secondary N) is 2. The number of carbonyl (C=O) groups is 2. The standard InChI is InChI=1S/C24H31N7O3/c1-18-15-22(29-24(28-18)31-14-12-25-17-31)30(13-4-10-26-19(2)32)16-23(33)27-11-9-20-5-7-21(34-3)8-6-20/h5-8,12,14-15,17H,4,9-11,13,16H2,1-3H3,(H,26,32)(H,27,33). The Morgan fingerprint density at radius 3 is 2.59 bits per heavy atom. The van der Waals surface area contributed by atoms with Crippen molar-refractivity contribution in [2.75, 3.05) is 38.2 Å². The van der Waals surface area contributed by atoms with Crippen molar-refractivity contribution in [1.29, 1.82) is 0 Å². The molecule has 3 rings (SSSR count). The Bertz CT molecular complexity index is 1070. The van der Waals surface area contributed by atoms with E-state index in [9.17, 15) is 9.59 Å². The Hall–Kier alpha value is -3.95. The van der Waals surface area contributed by atoms with Crippen LogP contribution < -0.4 is 20.3 Å². The molecule has 2 amide bonds. The van der Waals surface area contributed by atoms with Crippen LogP contribution in [-0.2, 0) is 16.0 Å². The maximum absolute atomic E-state index is 12.8. The first kappa shape index (κ1) is 24.7. The summed E-state index contributed by atoms with van der Waals surface area (Å²) in [5, 5.41) is 5.78. The zero-order valence-corrected chi connectivity index (χ0v) is 19.8. The van der Waals surface area contributed by atoms with Gasteiger partial charge in [-0.15, -0.1) is 0 Å². The second kappa shape index (κ2) is 12.3. The summed E-state index contributed by atoms with van der Waals surface area (Å²) in [4.78, 5) is 39.0. The van der Waals surface area contributed by atoms with Gasteiger partial charge in [0.15, 0.2) is 0 Å². The van der Waals surface area contributed by atoms with Gasteiger partial charge in [-0.3, -0.25) is 14.2 Å². The summed E-state index contributed by atoms with van der Waals surface area (Å²) in [6.07, 6.45) is 6.45. The average Bonchev–Trinajstić information content (AvgIpc) is 3.36. The Morgan fingerprint density at radius 2 is 1.91 bits per heavy atom. The SMILES string of the molecule is COc1ccc(CCNC(=O)CN(CCCNC(C)=O)c2cc(C)nc(-n3ccnc3)n2)cc1. The second-order valence-electron chi connectivity index (χ2n) is 7.84. The van der Waals surface area contributed by atoms with Crippen LogP contribution in [0.4, 0.5) is 5.82 Å². The van der Waals surface area contributed by atoms with Crippen LogP contribution in [0.25, 0.3) is 5.95 Å². The summed E-state index contributed by atoms with van der Waals surface area (Å²) < 4.78 is 6.90. The molecule has 10 nitrogen and oxygen atoms in total. The molecule has 1 aromatic carbocycles. The van der Waals surface area contributed by atoms with Crippen molar-refractivity contribution >= 4 is 17.6 Å². The van der Waals surface area contributed by atoms with Crippen LogP contribution in [0.15, 0.2) is 49.1 Å². The van der Waals surface area contributed by atoms with Crippen LogP contribution >= 0.6 is 0 Å². The van der Waals surface area contributed by atoms with Gasteiger partial charge in [0, 0.05) is 50.7 Å². The third-order valence-electron chi connectivity index (χ3n) is 5.10. The van der Waals surface area contributed by atoms with Crippen molar-refractivity contribution in [3.05, 3.63) is 60.3 Å². The summed E-state index contributed by atoms with van der Waals surface area (Å²) in [7, 11) is 1.63. The van der Waals surface area contributed by atoms with Crippen molar-refractivity contribution in [2.24, 2.45) is 0 Å². The van der Waals surface area contributed by atoms with Gasteiger partial charge < -0.3 is 20.3 Å². The van der Waals surface area contributed by atoms with Crippen LogP contribution in [-0.4, -0.2) is 64.6 Å². The van der Waals surface area contributed by atoms with Gasteiger partial charge in [-0.2, -0.15) is 4.98 Å². The zero-order valence-electron chi connectivity index (χ0n) is 19.8. The molecule has 0 fully saturated rings. The first-order valence-corrected chi connectivity index (χ1v) is 11.2. The number of rotatable bonds is 12. The normalized spacial score (nSPS) is 10.6. The molecule has 0 saturated heterocycles. The fourth-order valence-electron chi connectivity index (χ4n) is 3.37. The van der Waals surface area contributed by atoms with E-state index in [4.69, 9.17) is 4.74 Å². The summed E-state index contributed by atoms with van der Waals surface area (Å²) in [6.45, 7) is 5.10. The summed E-state index contributed by atoms with van der Waals surface area (Å²) >= 11 is 0. The Labute approximate surface area is 199 Å². The van der Waals surface area contributed by atoms with Crippen LogP contribution in [0, 0.1) is 6.92 Å². The molecule has 2 N–H and O–H groups in total.